The number of hydrogen-bond acceptors (Lipinski definition) is 3. The van der Waals surface area contributed by atoms with Gasteiger partial charge >= 0.3 is 5.82 Å². The highest BCUT2D eigenvalue weighted by Crippen LogP contribution is 2.04. The third-order valence-electron chi connectivity index (χ3n) is 1.19. The molecule has 5 nitrogen and oxygen atoms in total. The first-order chi connectivity index (χ1) is 6.24. The number of halogens is 1. The van der Waals surface area contributed by atoms with Gasteiger partial charge in [0.2, 0.25) is 0 Å². The molecule has 1 aromatic heterocycles. The second-order valence-electron chi connectivity index (χ2n) is 2.11. The lowest BCUT2D eigenvalue weighted by Crippen LogP contribution is -1.86. The summed E-state index contributed by atoms with van der Waals surface area (Å²) in [5.41, 5.74) is 0. The van der Waals surface area contributed by atoms with Crippen molar-refractivity contribution in [1.29, 1.82) is 0 Å². The van der Waals surface area contributed by atoms with Gasteiger partial charge in [0.15, 0.2) is 0 Å². The summed E-state index contributed by atoms with van der Waals surface area (Å²) >= 11 is 3.21. The summed E-state index contributed by atoms with van der Waals surface area (Å²) in [4.78, 5) is 15.9. The topological polar surface area (TPSA) is 71.8 Å². The van der Waals surface area contributed by atoms with E-state index in [1.807, 2.05) is 0 Å². The van der Waals surface area contributed by atoms with Gasteiger partial charge in [0.25, 0.3) is 5.82 Å². The Morgan fingerprint density at radius 1 is 1.77 bits per heavy atom. The second-order valence-corrected chi connectivity index (χ2v) is 2.91. The normalized spacial score (nSPS) is 9.00. The number of nitro groups is 1. The predicted molar refractivity (Wildman–Crippen MR) is 50.5 cm³/mol. The Balaban J connectivity index is 2.71. The van der Waals surface area contributed by atoms with E-state index in [-0.39, 0.29) is 5.82 Å². The number of aromatic amines is 1. The minimum Gasteiger partial charge on any atom is -0.358 e. The summed E-state index contributed by atoms with van der Waals surface area (Å²) in [7, 11) is 0. The lowest BCUT2D eigenvalue weighted by atomic mass is 10.4. The smallest absolute Gasteiger partial charge is 0.341 e. The molecule has 0 saturated heterocycles. The number of aromatic nitrogens is 2. The average molecular weight is 244 g/mol. The zero-order chi connectivity index (χ0) is 9.68. The highest BCUT2D eigenvalue weighted by Gasteiger charge is 2.06. The summed E-state index contributed by atoms with van der Waals surface area (Å²) < 4.78 is 0. The van der Waals surface area contributed by atoms with Crippen LogP contribution in [0.25, 0.3) is 0 Å². The minimum absolute atomic E-state index is 0.136. The molecule has 1 N–H and O–H groups in total. The van der Waals surface area contributed by atoms with Gasteiger partial charge < -0.3 is 10.1 Å². The number of alkyl halides is 1. The van der Waals surface area contributed by atoms with Gasteiger partial charge in [-0.1, -0.05) is 21.9 Å². The van der Waals surface area contributed by atoms with E-state index in [0.29, 0.717) is 12.2 Å². The molecule has 13 heavy (non-hydrogen) atoms. The summed E-state index contributed by atoms with van der Waals surface area (Å²) in [5, 5.41) is 11.0. The van der Waals surface area contributed by atoms with E-state index in [4.69, 9.17) is 0 Å². The Labute approximate surface area is 82.8 Å². The molecule has 0 aromatic carbocycles. The number of nitrogens with one attached hydrogen (secondary N) is 1. The van der Waals surface area contributed by atoms with Crippen LogP contribution < -0.4 is 0 Å². The molecular formula is C7H6BrN3O2. The van der Waals surface area contributed by atoms with E-state index in [1.165, 1.54) is 0 Å². The van der Waals surface area contributed by atoms with Crippen molar-refractivity contribution >= 4 is 21.7 Å². The zero-order valence-corrected chi connectivity index (χ0v) is 8.17. The van der Waals surface area contributed by atoms with E-state index >= 15 is 0 Å². The van der Waals surface area contributed by atoms with E-state index in [2.05, 4.69) is 37.7 Å². The van der Waals surface area contributed by atoms with Crippen LogP contribution in [-0.2, 0) is 0 Å². The third kappa shape index (κ3) is 2.87. The fraction of sp³-hybridized carbons (Fsp3) is 0.286. The van der Waals surface area contributed by atoms with Gasteiger partial charge in [-0.2, -0.15) is 0 Å². The maximum atomic E-state index is 10.2. The van der Waals surface area contributed by atoms with Crippen molar-refractivity contribution in [1.82, 2.24) is 9.97 Å². The quantitative estimate of drug-likeness (QED) is 0.370. The monoisotopic (exact) mass is 243 g/mol. The van der Waals surface area contributed by atoms with Crippen LogP contribution in [0, 0.1) is 22.0 Å². The van der Waals surface area contributed by atoms with E-state index in [1.54, 1.807) is 0 Å². The highest BCUT2D eigenvalue weighted by molar-refractivity contribution is 9.09. The first kappa shape index (κ1) is 9.74. The van der Waals surface area contributed by atoms with Crippen LogP contribution in [0.2, 0.25) is 0 Å². The van der Waals surface area contributed by atoms with Gasteiger partial charge in [-0.3, -0.25) is 0 Å². The van der Waals surface area contributed by atoms with Crippen molar-refractivity contribution < 1.29 is 4.92 Å². The molecule has 1 rings (SSSR count). The lowest BCUT2D eigenvalue weighted by molar-refractivity contribution is -0.389. The molecule has 0 radical (unpaired) electrons. The number of H-pyrrole nitrogens is 1. The second kappa shape index (κ2) is 4.62. The molecule has 0 saturated carbocycles. The fourth-order valence-electron chi connectivity index (χ4n) is 0.661. The number of nitrogens with zero attached hydrogens (tertiary/aromatic N) is 2. The molecule has 68 valence electrons. The molecule has 0 aliphatic heterocycles. The largest absolute Gasteiger partial charge is 0.358 e. The van der Waals surface area contributed by atoms with Gasteiger partial charge in [-0.15, -0.1) is 0 Å². The molecule has 0 atom stereocenters. The molecular weight excluding hydrogens is 238 g/mol. The predicted octanol–water partition coefficient (Wildman–Crippen LogP) is 1.45. The maximum Gasteiger partial charge on any atom is 0.341 e. The molecule has 0 unspecified atom stereocenters. The molecule has 0 aliphatic rings. The van der Waals surface area contributed by atoms with Crippen LogP contribution in [-0.4, -0.2) is 20.2 Å². The van der Waals surface area contributed by atoms with Gasteiger partial charge in [0, 0.05) is 11.8 Å². The van der Waals surface area contributed by atoms with Crippen LogP contribution in [0.1, 0.15) is 12.2 Å². The Hall–Kier alpha value is -1.35. The standard InChI is InChI=1S/C7H6BrN3O2/c8-4-2-1-3-6-9-5-7(10-6)11(12)13/h5H,2,4H2,(H,9,10). The molecule has 0 aliphatic carbocycles. The van der Waals surface area contributed by atoms with Crippen molar-refractivity contribution in [2.45, 2.75) is 6.42 Å². The molecule has 0 fully saturated rings. The molecule has 0 amide bonds. The van der Waals surface area contributed by atoms with Crippen molar-refractivity contribution in [3.05, 3.63) is 22.1 Å². The van der Waals surface area contributed by atoms with Crippen molar-refractivity contribution in [3.8, 4) is 11.8 Å². The first-order valence-corrected chi connectivity index (χ1v) is 4.60. The molecule has 1 heterocycles. The van der Waals surface area contributed by atoms with Gasteiger partial charge in [0.1, 0.15) is 6.20 Å². The van der Waals surface area contributed by atoms with Crippen LogP contribution in [0.3, 0.4) is 0 Å². The summed E-state index contributed by atoms with van der Waals surface area (Å²) in [6.07, 6.45) is 1.84. The Morgan fingerprint density at radius 2 is 2.54 bits per heavy atom. The highest BCUT2D eigenvalue weighted by atomic mass is 79.9. The fourth-order valence-corrected chi connectivity index (χ4v) is 0.860. The SMILES string of the molecule is O=[N+]([O-])c1cnc(C#CCCBr)[nH]1. The van der Waals surface area contributed by atoms with Gasteiger partial charge in [0.05, 0.1) is 0 Å². The average Bonchev–Trinajstić information content (AvgIpc) is 2.53. The maximum absolute atomic E-state index is 10.2. The minimum atomic E-state index is -0.539. The lowest BCUT2D eigenvalue weighted by Gasteiger charge is -1.84. The molecule has 0 spiro atoms. The van der Waals surface area contributed by atoms with Gasteiger partial charge in [-0.25, -0.2) is 9.97 Å². The van der Waals surface area contributed by atoms with Crippen molar-refractivity contribution in [2.75, 3.05) is 5.33 Å². The number of imidazole rings is 1. The molecule has 0 bridgehead atoms. The van der Waals surface area contributed by atoms with Crippen LogP contribution in [0.5, 0.6) is 0 Å². The van der Waals surface area contributed by atoms with Crippen molar-refractivity contribution in [3.63, 3.8) is 0 Å². The van der Waals surface area contributed by atoms with Crippen molar-refractivity contribution in [2.24, 2.45) is 0 Å². The summed E-state index contributed by atoms with van der Waals surface area (Å²) in [6, 6.07) is 0. The Bertz CT molecular complexity index is 363. The van der Waals surface area contributed by atoms with Crippen LogP contribution in [0.4, 0.5) is 5.82 Å². The van der Waals surface area contributed by atoms with E-state index in [9.17, 15) is 10.1 Å². The van der Waals surface area contributed by atoms with Crippen LogP contribution >= 0.6 is 15.9 Å². The number of hydrogen-bond donors (Lipinski definition) is 1. The molecule has 1 aromatic rings. The Morgan fingerprint density at radius 3 is 3.08 bits per heavy atom. The third-order valence-corrected chi connectivity index (χ3v) is 1.58. The van der Waals surface area contributed by atoms with Gasteiger partial charge in [-0.05, 0) is 10.8 Å². The van der Waals surface area contributed by atoms with E-state index < -0.39 is 4.92 Å². The van der Waals surface area contributed by atoms with E-state index in [0.717, 1.165) is 11.5 Å². The number of rotatable bonds is 2. The molecule has 6 heteroatoms. The zero-order valence-electron chi connectivity index (χ0n) is 6.58. The summed E-state index contributed by atoms with van der Waals surface area (Å²) in [6.45, 7) is 0. The summed E-state index contributed by atoms with van der Waals surface area (Å²) in [5.74, 6) is 5.65. The first-order valence-electron chi connectivity index (χ1n) is 3.48. The Kier molecular flexibility index (Phi) is 3.46. The van der Waals surface area contributed by atoms with Crippen LogP contribution in [0.15, 0.2) is 6.20 Å².